The van der Waals surface area contributed by atoms with Gasteiger partial charge >= 0.3 is 0 Å². The van der Waals surface area contributed by atoms with Crippen LogP contribution in [0.5, 0.6) is 11.5 Å². The molecule has 0 bridgehead atoms. The maximum Gasteiger partial charge on any atom is 0.294 e. The summed E-state index contributed by atoms with van der Waals surface area (Å²) in [4.78, 5) is 39.0. The summed E-state index contributed by atoms with van der Waals surface area (Å²) < 4.78 is 12.6. The molecule has 0 aromatic heterocycles. The molecule has 4 rings (SSSR count). The highest BCUT2D eigenvalue weighted by molar-refractivity contribution is 9.10. The predicted octanol–water partition coefficient (Wildman–Crippen LogP) is 7.41. The van der Waals surface area contributed by atoms with Gasteiger partial charge in [0.05, 0.1) is 27.2 Å². The molecule has 38 heavy (non-hydrogen) atoms. The fraction of sp³-hybridized carbons (Fsp3) is 0.148. The van der Waals surface area contributed by atoms with Crippen molar-refractivity contribution in [2.75, 3.05) is 18.5 Å². The molecule has 0 aliphatic carbocycles. The molecule has 0 unspecified atom stereocenters. The Labute approximate surface area is 242 Å². The van der Waals surface area contributed by atoms with Crippen molar-refractivity contribution >= 4 is 79.7 Å². The molecule has 1 aliphatic heterocycles. The van der Waals surface area contributed by atoms with E-state index < -0.39 is 23.6 Å². The van der Waals surface area contributed by atoms with Gasteiger partial charge in [-0.1, -0.05) is 63.4 Å². The molecule has 1 N–H and O–H groups in total. The van der Waals surface area contributed by atoms with Crippen LogP contribution in [0, 0.1) is 0 Å². The molecule has 1 aliphatic rings. The maximum absolute atomic E-state index is 12.9. The van der Waals surface area contributed by atoms with E-state index in [4.69, 9.17) is 32.7 Å². The SMILES string of the molecule is CCOc1cc(/C=C2/SC(=O)N(CC(=O)Nc3ccccc3Cl)C2=O)cc(Cl)c1OCc1ccc(Br)cc1. The fourth-order valence-electron chi connectivity index (χ4n) is 3.49. The maximum atomic E-state index is 12.9. The first kappa shape index (κ1) is 28.0. The molecule has 0 saturated carbocycles. The van der Waals surface area contributed by atoms with Crippen molar-refractivity contribution < 1.29 is 23.9 Å². The van der Waals surface area contributed by atoms with Gasteiger partial charge in [0.15, 0.2) is 11.5 Å². The van der Waals surface area contributed by atoms with Crippen molar-refractivity contribution in [1.29, 1.82) is 0 Å². The highest BCUT2D eigenvalue weighted by Gasteiger charge is 2.36. The Morgan fingerprint density at radius 1 is 1.05 bits per heavy atom. The highest BCUT2D eigenvalue weighted by Crippen LogP contribution is 2.39. The molecule has 0 radical (unpaired) electrons. The lowest BCUT2D eigenvalue weighted by Gasteiger charge is -2.15. The van der Waals surface area contributed by atoms with Gasteiger partial charge in [0.25, 0.3) is 11.1 Å². The first-order valence-electron chi connectivity index (χ1n) is 11.4. The van der Waals surface area contributed by atoms with E-state index in [1.54, 1.807) is 36.4 Å². The Morgan fingerprint density at radius 2 is 1.79 bits per heavy atom. The first-order valence-corrected chi connectivity index (χ1v) is 13.7. The Balaban J connectivity index is 1.49. The molecular weight excluding hydrogens is 615 g/mol. The summed E-state index contributed by atoms with van der Waals surface area (Å²) in [5.41, 5.74) is 1.88. The van der Waals surface area contributed by atoms with Gasteiger partial charge in [0, 0.05) is 4.47 Å². The normalized spacial score (nSPS) is 14.2. The van der Waals surface area contributed by atoms with Crippen LogP contribution in [0.15, 0.2) is 70.0 Å². The summed E-state index contributed by atoms with van der Waals surface area (Å²) in [6.45, 7) is 2.03. The molecule has 3 aromatic carbocycles. The lowest BCUT2D eigenvalue weighted by molar-refractivity contribution is -0.127. The summed E-state index contributed by atoms with van der Waals surface area (Å²) in [7, 11) is 0. The zero-order valence-corrected chi connectivity index (χ0v) is 23.9. The van der Waals surface area contributed by atoms with Crippen LogP contribution in [0.2, 0.25) is 10.0 Å². The molecule has 0 spiro atoms. The number of para-hydroxylation sites is 1. The van der Waals surface area contributed by atoms with E-state index in [0.29, 0.717) is 34.4 Å². The number of nitrogens with zero attached hydrogens (tertiary/aromatic N) is 1. The predicted molar refractivity (Wildman–Crippen MR) is 154 cm³/mol. The number of rotatable bonds is 9. The first-order chi connectivity index (χ1) is 18.2. The third-order valence-corrected chi connectivity index (χ3v) is 7.30. The highest BCUT2D eigenvalue weighted by atomic mass is 79.9. The van der Waals surface area contributed by atoms with Crippen molar-refractivity contribution in [3.05, 3.63) is 91.2 Å². The summed E-state index contributed by atoms with van der Waals surface area (Å²) in [6, 6.07) is 17.7. The summed E-state index contributed by atoms with van der Waals surface area (Å²) in [6.07, 6.45) is 1.53. The zero-order valence-electron chi connectivity index (χ0n) is 20.0. The van der Waals surface area contributed by atoms with Gasteiger partial charge < -0.3 is 14.8 Å². The largest absolute Gasteiger partial charge is 0.490 e. The van der Waals surface area contributed by atoms with Gasteiger partial charge in [-0.3, -0.25) is 19.3 Å². The second-order valence-corrected chi connectivity index (χ2v) is 10.7. The van der Waals surface area contributed by atoms with E-state index in [9.17, 15) is 14.4 Å². The van der Waals surface area contributed by atoms with E-state index in [0.717, 1.165) is 26.7 Å². The molecule has 3 amide bonds. The van der Waals surface area contributed by atoms with Gasteiger partial charge in [0.2, 0.25) is 5.91 Å². The minimum absolute atomic E-state index is 0.155. The van der Waals surface area contributed by atoms with Gasteiger partial charge in [0.1, 0.15) is 13.2 Å². The molecule has 1 saturated heterocycles. The fourth-order valence-corrected chi connectivity index (χ4v) is 5.05. The lowest BCUT2D eigenvalue weighted by atomic mass is 10.1. The lowest BCUT2D eigenvalue weighted by Crippen LogP contribution is -2.36. The number of halogens is 3. The minimum Gasteiger partial charge on any atom is -0.490 e. The second-order valence-electron chi connectivity index (χ2n) is 7.97. The Bertz CT molecular complexity index is 1420. The molecule has 1 heterocycles. The van der Waals surface area contributed by atoms with Gasteiger partial charge in [-0.2, -0.15) is 0 Å². The number of anilines is 1. The number of nitrogens with one attached hydrogen (secondary N) is 1. The van der Waals surface area contributed by atoms with Crippen molar-refractivity contribution in [1.82, 2.24) is 4.90 Å². The molecular formula is C27H21BrCl2N2O5S. The van der Waals surface area contributed by atoms with E-state index in [1.165, 1.54) is 6.08 Å². The van der Waals surface area contributed by atoms with E-state index in [2.05, 4.69) is 21.2 Å². The van der Waals surface area contributed by atoms with Crippen LogP contribution in [0.25, 0.3) is 6.08 Å². The average Bonchev–Trinajstić information content (AvgIpc) is 3.13. The third kappa shape index (κ3) is 6.91. The van der Waals surface area contributed by atoms with Crippen LogP contribution in [-0.4, -0.2) is 35.1 Å². The van der Waals surface area contributed by atoms with Gasteiger partial charge in [-0.05, 0) is 72.3 Å². The molecule has 3 aromatic rings. The molecule has 0 atom stereocenters. The average molecular weight is 636 g/mol. The summed E-state index contributed by atoms with van der Waals surface area (Å²) in [5, 5.41) is 2.69. The van der Waals surface area contributed by atoms with Crippen molar-refractivity contribution in [3.63, 3.8) is 0 Å². The van der Waals surface area contributed by atoms with E-state index >= 15 is 0 Å². The molecule has 196 valence electrons. The smallest absolute Gasteiger partial charge is 0.294 e. The van der Waals surface area contributed by atoms with Crippen LogP contribution in [0.4, 0.5) is 10.5 Å². The Hall–Kier alpha value is -2.98. The van der Waals surface area contributed by atoms with Crippen LogP contribution in [-0.2, 0) is 16.2 Å². The number of carbonyl (C=O) groups is 3. The number of benzene rings is 3. The summed E-state index contributed by atoms with van der Waals surface area (Å²) in [5.74, 6) is -0.353. The Kier molecular flexibility index (Phi) is 9.38. The molecule has 7 nitrogen and oxygen atoms in total. The number of carbonyl (C=O) groups excluding carboxylic acids is 3. The van der Waals surface area contributed by atoms with Crippen molar-refractivity contribution in [2.45, 2.75) is 13.5 Å². The van der Waals surface area contributed by atoms with Crippen LogP contribution >= 0.6 is 50.9 Å². The molecule has 1 fully saturated rings. The summed E-state index contributed by atoms with van der Waals surface area (Å²) >= 11 is 16.7. The number of amides is 3. The molecule has 11 heteroatoms. The number of imide groups is 1. The van der Waals surface area contributed by atoms with Crippen LogP contribution in [0.1, 0.15) is 18.1 Å². The quantitative estimate of drug-likeness (QED) is 0.247. The van der Waals surface area contributed by atoms with Gasteiger partial charge in [-0.15, -0.1) is 0 Å². The van der Waals surface area contributed by atoms with Crippen LogP contribution in [0.3, 0.4) is 0 Å². The van der Waals surface area contributed by atoms with E-state index in [1.807, 2.05) is 31.2 Å². The zero-order chi connectivity index (χ0) is 27.2. The van der Waals surface area contributed by atoms with Crippen LogP contribution < -0.4 is 14.8 Å². The number of hydrogen-bond donors (Lipinski definition) is 1. The number of hydrogen-bond acceptors (Lipinski definition) is 6. The second kappa shape index (κ2) is 12.7. The van der Waals surface area contributed by atoms with Gasteiger partial charge in [-0.25, -0.2) is 0 Å². The third-order valence-electron chi connectivity index (χ3n) is 5.25. The van der Waals surface area contributed by atoms with Crippen molar-refractivity contribution in [3.8, 4) is 11.5 Å². The van der Waals surface area contributed by atoms with E-state index in [-0.39, 0.29) is 16.5 Å². The topological polar surface area (TPSA) is 84.9 Å². The van der Waals surface area contributed by atoms with Crippen molar-refractivity contribution in [2.24, 2.45) is 0 Å². The monoisotopic (exact) mass is 634 g/mol. The number of thioether (sulfide) groups is 1. The Morgan fingerprint density at radius 3 is 2.50 bits per heavy atom. The number of ether oxygens (including phenoxy) is 2. The standard InChI is InChI=1S/C27H21BrCl2N2O5S/c1-2-36-22-12-17(11-20(30)25(22)37-15-16-7-9-18(28)10-8-16)13-23-26(34)32(27(35)38-23)14-24(33)31-21-6-4-3-5-19(21)29/h3-13H,2,14-15H2,1H3,(H,31,33)/b23-13+. The minimum atomic E-state index is -0.584.